The van der Waals surface area contributed by atoms with Gasteiger partial charge in [0.25, 0.3) is 0 Å². The van der Waals surface area contributed by atoms with Crippen molar-refractivity contribution in [2.24, 2.45) is 17.3 Å². The first-order chi connectivity index (χ1) is 9.09. The highest BCUT2D eigenvalue weighted by Crippen LogP contribution is 2.48. The molecule has 3 rings (SSSR count). The number of nitrogens with zero attached hydrogens (tertiary/aromatic N) is 1. The van der Waals surface area contributed by atoms with Crippen LogP contribution in [0.3, 0.4) is 0 Å². The predicted molar refractivity (Wildman–Crippen MR) is 72.5 cm³/mol. The van der Waals surface area contributed by atoms with Crippen LogP contribution in [0, 0.1) is 17.3 Å². The van der Waals surface area contributed by atoms with E-state index in [1.807, 2.05) is 6.07 Å². The second kappa shape index (κ2) is 4.91. The molecule has 106 valence electrons. The van der Waals surface area contributed by atoms with E-state index in [4.69, 9.17) is 9.63 Å². The molecular formula is C15H24N2O2. The largest absolute Gasteiger partial charge is 0.388 e. The smallest absolute Gasteiger partial charge is 0.162 e. The van der Waals surface area contributed by atoms with Gasteiger partial charge in [0.05, 0.1) is 5.69 Å². The Morgan fingerprint density at radius 2 is 2.26 bits per heavy atom. The van der Waals surface area contributed by atoms with Crippen molar-refractivity contribution in [2.75, 3.05) is 6.54 Å². The monoisotopic (exact) mass is 264 g/mol. The van der Waals surface area contributed by atoms with Crippen LogP contribution in [0.25, 0.3) is 0 Å². The summed E-state index contributed by atoms with van der Waals surface area (Å²) in [6.07, 6.45) is 5.00. The van der Waals surface area contributed by atoms with E-state index in [2.05, 4.69) is 24.3 Å². The summed E-state index contributed by atoms with van der Waals surface area (Å²) in [4.78, 5) is 0. The van der Waals surface area contributed by atoms with Gasteiger partial charge in [-0.1, -0.05) is 19.0 Å². The molecule has 0 radical (unpaired) electrons. The van der Waals surface area contributed by atoms with E-state index in [-0.39, 0.29) is 6.61 Å². The Labute approximate surface area is 114 Å². The Hall–Kier alpha value is -0.870. The molecule has 1 heterocycles. The number of hydrogen-bond acceptors (Lipinski definition) is 4. The van der Waals surface area contributed by atoms with Crippen molar-refractivity contribution in [1.82, 2.24) is 10.5 Å². The maximum atomic E-state index is 8.99. The third-order valence-corrected chi connectivity index (χ3v) is 5.04. The molecule has 0 bridgehead atoms. The molecule has 4 heteroatoms. The first-order valence-corrected chi connectivity index (χ1v) is 7.38. The third kappa shape index (κ3) is 2.70. The van der Waals surface area contributed by atoms with Gasteiger partial charge in [-0.25, -0.2) is 0 Å². The number of aliphatic hydroxyl groups is 1. The van der Waals surface area contributed by atoms with Crippen LogP contribution in [-0.4, -0.2) is 22.8 Å². The maximum Gasteiger partial charge on any atom is 0.162 e. The van der Waals surface area contributed by atoms with Crippen molar-refractivity contribution in [3.63, 3.8) is 0 Å². The van der Waals surface area contributed by atoms with Crippen molar-refractivity contribution in [3.05, 3.63) is 17.5 Å². The second-order valence-corrected chi connectivity index (χ2v) is 6.81. The molecule has 0 aromatic carbocycles. The van der Waals surface area contributed by atoms with E-state index in [0.29, 0.717) is 23.1 Å². The number of aliphatic hydroxyl groups excluding tert-OH is 1. The summed E-state index contributed by atoms with van der Waals surface area (Å²) in [7, 11) is 0. The number of aromatic nitrogens is 1. The first kappa shape index (κ1) is 13.1. The Balaban J connectivity index is 1.52. The molecule has 1 aromatic heterocycles. The maximum absolute atomic E-state index is 8.99. The van der Waals surface area contributed by atoms with Gasteiger partial charge in [-0.05, 0) is 49.5 Å². The van der Waals surface area contributed by atoms with Crippen molar-refractivity contribution in [2.45, 2.75) is 52.2 Å². The molecule has 19 heavy (non-hydrogen) atoms. The van der Waals surface area contributed by atoms with E-state index < -0.39 is 0 Å². The minimum Gasteiger partial charge on any atom is -0.388 e. The lowest BCUT2D eigenvalue weighted by molar-refractivity contribution is 0.0131. The fourth-order valence-corrected chi connectivity index (χ4v) is 3.12. The summed E-state index contributed by atoms with van der Waals surface area (Å²) in [6, 6.07) is 2.52. The van der Waals surface area contributed by atoms with Crippen LogP contribution in [0.15, 0.2) is 10.6 Å². The van der Waals surface area contributed by atoms with Crippen LogP contribution < -0.4 is 5.32 Å². The molecule has 2 N–H and O–H groups in total. The van der Waals surface area contributed by atoms with E-state index >= 15 is 0 Å². The molecule has 0 amide bonds. The summed E-state index contributed by atoms with van der Waals surface area (Å²) in [5.41, 5.74) is 1.30. The number of rotatable bonds is 6. The van der Waals surface area contributed by atoms with Gasteiger partial charge < -0.3 is 14.9 Å². The number of nitrogens with one attached hydrogen (secondary N) is 1. The van der Waals surface area contributed by atoms with Gasteiger partial charge in [-0.3, -0.25) is 0 Å². The van der Waals surface area contributed by atoms with E-state index in [1.165, 1.54) is 25.8 Å². The molecule has 0 spiro atoms. The zero-order valence-corrected chi connectivity index (χ0v) is 11.9. The predicted octanol–water partition coefficient (Wildman–Crippen LogP) is 2.12. The first-order valence-electron chi connectivity index (χ1n) is 7.38. The van der Waals surface area contributed by atoms with E-state index in [9.17, 15) is 0 Å². The third-order valence-electron chi connectivity index (χ3n) is 5.04. The summed E-state index contributed by atoms with van der Waals surface area (Å²) in [5, 5.41) is 16.7. The van der Waals surface area contributed by atoms with Crippen molar-refractivity contribution >= 4 is 0 Å². The average molecular weight is 264 g/mol. The highest BCUT2D eigenvalue weighted by molar-refractivity contribution is 5.11. The zero-order valence-electron chi connectivity index (χ0n) is 11.9. The topological polar surface area (TPSA) is 58.3 Å². The van der Waals surface area contributed by atoms with E-state index in [0.717, 1.165) is 18.0 Å². The van der Waals surface area contributed by atoms with Crippen LogP contribution in [0.5, 0.6) is 0 Å². The van der Waals surface area contributed by atoms with Gasteiger partial charge in [-0.2, -0.15) is 0 Å². The van der Waals surface area contributed by atoms with Gasteiger partial charge in [0.2, 0.25) is 0 Å². The molecule has 2 atom stereocenters. The van der Waals surface area contributed by atoms with Crippen LogP contribution >= 0.6 is 0 Å². The minimum absolute atomic E-state index is 0.0629. The Bertz CT molecular complexity index is 437. The Kier molecular flexibility index (Phi) is 3.39. The van der Waals surface area contributed by atoms with Crippen LogP contribution in [0.1, 0.15) is 44.6 Å². The summed E-state index contributed by atoms with van der Waals surface area (Å²) in [6.45, 7) is 5.82. The highest BCUT2D eigenvalue weighted by Gasteiger charge is 2.48. The number of hydrogen-bond donors (Lipinski definition) is 2. The van der Waals surface area contributed by atoms with Gasteiger partial charge >= 0.3 is 0 Å². The lowest BCUT2D eigenvalue weighted by atomic mass is 9.57. The second-order valence-electron chi connectivity index (χ2n) is 6.81. The SMILES string of the molecule is CC1(C)[C@H](Cc2cc(CO)on2)C[C@@H]1NCC1CC1. The molecule has 0 unspecified atom stereocenters. The van der Waals surface area contributed by atoms with Crippen molar-refractivity contribution < 1.29 is 9.63 Å². The average Bonchev–Trinajstić information content (AvgIpc) is 3.10. The van der Waals surface area contributed by atoms with Crippen molar-refractivity contribution in [1.29, 1.82) is 0 Å². The van der Waals surface area contributed by atoms with Crippen LogP contribution in [-0.2, 0) is 13.0 Å². The fraction of sp³-hybridized carbons (Fsp3) is 0.800. The zero-order chi connectivity index (χ0) is 13.5. The van der Waals surface area contributed by atoms with Gasteiger partial charge in [0, 0.05) is 12.1 Å². The Morgan fingerprint density at radius 3 is 2.84 bits per heavy atom. The standard InChI is InChI=1S/C15H24N2O2/c1-15(2)11(5-12-7-13(9-18)19-17-12)6-14(15)16-8-10-3-4-10/h7,10-11,14,16,18H,3-6,8-9H2,1-2H3/t11-,14+/m1/s1. The van der Waals surface area contributed by atoms with Crippen LogP contribution in [0.2, 0.25) is 0 Å². The van der Waals surface area contributed by atoms with Crippen LogP contribution in [0.4, 0.5) is 0 Å². The van der Waals surface area contributed by atoms with Gasteiger partial charge in [0.15, 0.2) is 5.76 Å². The molecule has 2 aliphatic carbocycles. The lowest BCUT2D eigenvalue weighted by Gasteiger charge is -2.52. The van der Waals surface area contributed by atoms with Gasteiger partial charge in [-0.15, -0.1) is 0 Å². The molecule has 2 aliphatic rings. The molecule has 1 aromatic rings. The summed E-state index contributed by atoms with van der Waals surface area (Å²) in [5.74, 6) is 2.16. The summed E-state index contributed by atoms with van der Waals surface area (Å²) >= 11 is 0. The molecule has 0 saturated heterocycles. The van der Waals surface area contributed by atoms with Gasteiger partial charge in [0.1, 0.15) is 6.61 Å². The quantitative estimate of drug-likeness (QED) is 0.826. The molecular weight excluding hydrogens is 240 g/mol. The summed E-state index contributed by atoms with van der Waals surface area (Å²) < 4.78 is 5.05. The molecule has 2 saturated carbocycles. The van der Waals surface area contributed by atoms with E-state index in [1.54, 1.807) is 0 Å². The Morgan fingerprint density at radius 1 is 1.47 bits per heavy atom. The molecule has 4 nitrogen and oxygen atoms in total. The lowest BCUT2D eigenvalue weighted by Crippen LogP contribution is -2.57. The molecule has 2 fully saturated rings. The normalized spacial score (nSPS) is 29.2. The minimum atomic E-state index is -0.0629. The molecule has 0 aliphatic heterocycles. The highest BCUT2D eigenvalue weighted by atomic mass is 16.5. The van der Waals surface area contributed by atoms with Crippen molar-refractivity contribution in [3.8, 4) is 0 Å². The fourth-order valence-electron chi connectivity index (χ4n) is 3.12.